The van der Waals surface area contributed by atoms with Gasteiger partial charge in [-0.05, 0) is 113 Å². The zero-order valence-electron chi connectivity index (χ0n) is 38.2. The number of nitrogens with one attached hydrogen (secondary N) is 1. The predicted molar refractivity (Wildman–Crippen MR) is 250 cm³/mol. The summed E-state index contributed by atoms with van der Waals surface area (Å²) in [6.45, 7) is 5.97. The van der Waals surface area contributed by atoms with E-state index in [1.165, 1.54) is 0 Å². The molecule has 1 amide bonds. The van der Waals surface area contributed by atoms with Crippen LogP contribution in [0, 0.1) is 18.8 Å². The van der Waals surface area contributed by atoms with E-state index in [0.29, 0.717) is 36.5 Å². The summed E-state index contributed by atoms with van der Waals surface area (Å²) in [4.78, 5) is 42.1. The number of methoxy groups -OCH3 is 4. The fourth-order valence-electron chi connectivity index (χ4n) is 9.31. The fourth-order valence-corrected chi connectivity index (χ4v) is 9.31. The van der Waals surface area contributed by atoms with E-state index in [0.717, 1.165) is 61.4 Å². The Balaban J connectivity index is 1.11. The van der Waals surface area contributed by atoms with Crippen LogP contribution in [0.1, 0.15) is 78.0 Å². The van der Waals surface area contributed by atoms with Crippen LogP contribution in [0.4, 0.5) is 4.79 Å². The quantitative estimate of drug-likeness (QED) is 0.0819. The highest BCUT2D eigenvalue weighted by atomic mass is 16.6. The lowest BCUT2D eigenvalue weighted by molar-refractivity contribution is -0.155. The molecule has 4 atom stereocenters. The molecule has 5 aromatic rings. The molecule has 0 radical (unpaired) electrons. The normalized spacial score (nSPS) is 15.5. The van der Waals surface area contributed by atoms with E-state index in [4.69, 9.17) is 28.4 Å². The Labute approximate surface area is 381 Å². The van der Waals surface area contributed by atoms with Gasteiger partial charge in [-0.2, -0.15) is 0 Å². The minimum absolute atomic E-state index is 0.0208. The van der Waals surface area contributed by atoms with Gasteiger partial charge in [0.1, 0.15) is 24.6 Å². The Morgan fingerprint density at radius 2 is 1.40 bits per heavy atom. The van der Waals surface area contributed by atoms with Gasteiger partial charge in [0.05, 0.1) is 40.4 Å². The maximum absolute atomic E-state index is 14.4. The number of esters is 1. The molecular formula is C54H59NO10. The number of ether oxygens (including phenoxy) is 6. The Morgan fingerprint density at radius 1 is 0.754 bits per heavy atom. The Hall–Kier alpha value is -6.59. The van der Waals surface area contributed by atoms with E-state index in [-0.39, 0.29) is 31.3 Å². The number of amides is 1. The fraction of sp³-hybridized carbons (Fsp3) is 0.352. The summed E-state index contributed by atoms with van der Waals surface area (Å²) in [6, 6.07) is 32.2. The number of aryl methyl sites for hydroxylation is 1. The van der Waals surface area contributed by atoms with Crippen LogP contribution in [0.5, 0.6) is 23.0 Å². The predicted octanol–water partition coefficient (Wildman–Crippen LogP) is 9.45. The van der Waals surface area contributed by atoms with Gasteiger partial charge in [0, 0.05) is 17.9 Å². The minimum Gasteiger partial charge on any atom is -0.496 e. The van der Waals surface area contributed by atoms with E-state index in [1.54, 1.807) is 28.4 Å². The second-order valence-electron chi connectivity index (χ2n) is 17.2. The van der Waals surface area contributed by atoms with Gasteiger partial charge in [-0.1, -0.05) is 98.8 Å². The van der Waals surface area contributed by atoms with Crippen LogP contribution < -0.4 is 24.3 Å². The summed E-state index contributed by atoms with van der Waals surface area (Å²) in [5, 5.41) is 14.6. The van der Waals surface area contributed by atoms with Crippen molar-refractivity contribution in [1.29, 1.82) is 0 Å². The van der Waals surface area contributed by atoms with Gasteiger partial charge >= 0.3 is 12.1 Å². The van der Waals surface area contributed by atoms with Crippen LogP contribution in [0.3, 0.4) is 0 Å². The first kappa shape index (κ1) is 46.4. The summed E-state index contributed by atoms with van der Waals surface area (Å²) in [7, 11) is 6.34. The van der Waals surface area contributed by atoms with Gasteiger partial charge in [-0.15, -0.1) is 0 Å². The summed E-state index contributed by atoms with van der Waals surface area (Å²) >= 11 is 0. The molecule has 0 aromatic heterocycles. The molecule has 0 saturated heterocycles. The van der Waals surface area contributed by atoms with E-state index in [1.807, 2.05) is 118 Å². The molecule has 11 heteroatoms. The molecule has 2 aliphatic rings. The lowest BCUT2D eigenvalue weighted by Crippen LogP contribution is -2.49. The number of Topliss-reactive ketones (excluding diaryl/α,β-unsaturated/α-hetero) is 1. The number of carbonyl (C=O) groups excluding carboxylic acids is 3. The van der Waals surface area contributed by atoms with Gasteiger partial charge in [-0.25, -0.2) is 4.79 Å². The van der Waals surface area contributed by atoms with Crippen molar-refractivity contribution in [2.75, 3.05) is 35.0 Å². The van der Waals surface area contributed by atoms with Gasteiger partial charge in [0.2, 0.25) is 5.75 Å². The summed E-state index contributed by atoms with van der Waals surface area (Å²) in [6.07, 6.45) is -0.0711. The highest BCUT2D eigenvalue weighted by Crippen LogP contribution is 2.48. The first-order valence-electron chi connectivity index (χ1n) is 22.2. The SMILES string of the molecule is COc1ccc(C2=C[C@@H](OC(=O)C(CC(=O)C(O)C(Cc3ccccc3)NC(=O)OCC3c4ccccc4-c4ccccc43)CC(C)C)CCc3c2cc(OC)c(OC)c3OC)cc1C. The molecule has 65 heavy (non-hydrogen) atoms. The molecule has 0 fully saturated rings. The van der Waals surface area contributed by atoms with Crippen molar-refractivity contribution in [3.8, 4) is 34.1 Å². The van der Waals surface area contributed by atoms with Crippen molar-refractivity contribution < 1.29 is 47.9 Å². The number of fused-ring (bicyclic) bond motifs is 4. The molecule has 7 rings (SSSR count). The lowest BCUT2D eigenvalue weighted by atomic mass is 9.88. The monoisotopic (exact) mass is 881 g/mol. The number of ketones is 1. The molecule has 11 nitrogen and oxygen atoms in total. The van der Waals surface area contributed by atoms with Gasteiger partial charge in [0.25, 0.3) is 0 Å². The molecule has 0 aliphatic heterocycles. The van der Waals surface area contributed by atoms with Gasteiger partial charge in [-0.3, -0.25) is 9.59 Å². The number of aliphatic hydroxyl groups excluding tert-OH is 1. The molecule has 0 saturated carbocycles. The highest BCUT2D eigenvalue weighted by Gasteiger charge is 2.36. The van der Waals surface area contributed by atoms with Crippen molar-refractivity contribution >= 4 is 23.4 Å². The zero-order valence-corrected chi connectivity index (χ0v) is 38.2. The summed E-state index contributed by atoms with van der Waals surface area (Å²) < 4.78 is 35.2. The van der Waals surface area contributed by atoms with Crippen LogP contribution in [0.15, 0.2) is 109 Å². The topological polar surface area (TPSA) is 139 Å². The molecule has 0 heterocycles. The van der Waals surface area contributed by atoms with E-state index in [9.17, 15) is 19.5 Å². The maximum Gasteiger partial charge on any atom is 0.407 e. The zero-order chi connectivity index (χ0) is 46.2. The standard InChI is InChI=1S/C54H59NO10/c1-32(2)25-36(53(58)65-37-22-23-42-44(30-49(61-5)52(63-7)51(42)62-6)43(29-37)35-21-24-48(60-4)33(3)26-35)28-47(56)50(57)46(27-34-15-9-8-10-16-34)55-54(59)64-31-45-40-19-13-11-17-38(40)39-18-12-14-20-41(39)45/h8-21,24,26,29-30,32,36-37,45-46,50,57H,22-23,25,27-28,31H2,1-7H3,(H,55,59)/t36?,37-,46?,50?/m0/s1. The second-order valence-corrected chi connectivity index (χ2v) is 17.2. The molecule has 340 valence electrons. The third-order valence-electron chi connectivity index (χ3n) is 12.4. The first-order chi connectivity index (χ1) is 31.4. The number of rotatable bonds is 18. The number of aliphatic hydroxyl groups is 1. The Kier molecular flexibility index (Phi) is 14.9. The van der Waals surface area contributed by atoms with E-state index >= 15 is 0 Å². The average molecular weight is 882 g/mol. The number of alkyl carbamates (subject to hydrolysis) is 1. The van der Waals surface area contributed by atoms with Gasteiger partial charge in [0.15, 0.2) is 17.3 Å². The molecular weight excluding hydrogens is 823 g/mol. The molecule has 2 aliphatic carbocycles. The van der Waals surface area contributed by atoms with Crippen LogP contribution >= 0.6 is 0 Å². The molecule has 0 spiro atoms. The van der Waals surface area contributed by atoms with Gasteiger partial charge < -0.3 is 38.8 Å². The second kappa shape index (κ2) is 20.9. The van der Waals surface area contributed by atoms with Crippen LogP contribution in [0.25, 0.3) is 16.7 Å². The van der Waals surface area contributed by atoms with E-state index in [2.05, 4.69) is 17.4 Å². The van der Waals surface area contributed by atoms with Crippen LogP contribution in [-0.2, 0) is 31.9 Å². The number of carbonyl (C=O) groups is 3. The minimum atomic E-state index is -1.65. The summed E-state index contributed by atoms with van der Waals surface area (Å²) in [5.74, 6) is 0.0497. The summed E-state index contributed by atoms with van der Waals surface area (Å²) in [5.41, 5.74) is 9.44. The van der Waals surface area contributed by atoms with Crippen molar-refractivity contribution in [2.45, 2.75) is 77.0 Å². The van der Waals surface area contributed by atoms with Crippen molar-refractivity contribution in [3.05, 3.63) is 148 Å². The first-order valence-corrected chi connectivity index (χ1v) is 22.2. The average Bonchev–Trinajstić information content (AvgIpc) is 3.52. The van der Waals surface area contributed by atoms with E-state index < -0.39 is 42.0 Å². The van der Waals surface area contributed by atoms with Crippen molar-refractivity contribution in [2.24, 2.45) is 11.8 Å². The molecule has 5 aromatic carbocycles. The van der Waals surface area contributed by atoms with Crippen molar-refractivity contribution in [3.63, 3.8) is 0 Å². The third-order valence-corrected chi connectivity index (χ3v) is 12.4. The van der Waals surface area contributed by atoms with Crippen molar-refractivity contribution in [1.82, 2.24) is 5.32 Å². The third kappa shape index (κ3) is 10.4. The Bertz CT molecular complexity index is 2490. The highest BCUT2D eigenvalue weighted by molar-refractivity contribution is 5.89. The molecule has 2 N–H and O–H groups in total. The number of benzene rings is 5. The maximum atomic E-state index is 14.4. The number of hydrogen-bond donors (Lipinski definition) is 2. The lowest BCUT2D eigenvalue weighted by Gasteiger charge is -2.26. The smallest absolute Gasteiger partial charge is 0.407 e. The Morgan fingerprint density at radius 3 is 2.02 bits per heavy atom. The molecule has 3 unspecified atom stereocenters. The largest absolute Gasteiger partial charge is 0.496 e. The van der Waals surface area contributed by atoms with Crippen LogP contribution in [-0.4, -0.2) is 76.2 Å². The molecule has 0 bridgehead atoms. The van der Waals surface area contributed by atoms with Crippen LogP contribution in [0.2, 0.25) is 0 Å². The number of hydrogen-bond acceptors (Lipinski definition) is 10.